The Morgan fingerprint density at radius 3 is 1.92 bits per heavy atom. The molecular formula is C28H32N4O4. The molecule has 188 valence electrons. The molecule has 0 aliphatic rings. The maximum absolute atomic E-state index is 13.1. The zero-order valence-electron chi connectivity index (χ0n) is 20.9. The molecule has 0 radical (unpaired) electrons. The van der Waals surface area contributed by atoms with Gasteiger partial charge in [-0.2, -0.15) is 0 Å². The highest BCUT2D eigenvalue weighted by Gasteiger charge is 2.27. The number of anilines is 2. The maximum Gasteiger partial charge on any atom is 0.323 e. The van der Waals surface area contributed by atoms with Crippen LogP contribution in [0.2, 0.25) is 0 Å². The average Bonchev–Trinajstić information content (AvgIpc) is 2.87. The lowest BCUT2D eigenvalue weighted by molar-refractivity contribution is -0.124. The van der Waals surface area contributed by atoms with Crippen molar-refractivity contribution in [1.29, 1.82) is 0 Å². The molecule has 0 bridgehead atoms. The van der Waals surface area contributed by atoms with Gasteiger partial charge >= 0.3 is 6.03 Å². The zero-order chi connectivity index (χ0) is 26.1. The molecule has 0 fully saturated rings. The number of nitrogens with one attached hydrogen (secondary N) is 4. The normalized spacial score (nSPS) is 12.2. The van der Waals surface area contributed by atoms with Crippen molar-refractivity contribution in [2.45, 2.75) is 32.9 Å². The summed E-state index contributed by atoms with van der Waals surface area (Å²) in [4.78, 5) is 38.1. The van der Waals surface area contributed by atoms with E-state index in [1.807, 2.05) is 51.1 Å². The van der Waals surface area contributed by atoms with Crippen LogP contribution in [-0.4, -0.2) is 31.0 Å². The Labute approximate surface area is 211 Å². The topological polar surface area (TPSA) is 109 Å². The van der Waals surface area contributed by atoms with E-state index in [1.54, 1.807) is 48.5 Å². The molecule has 2 unspecified atom stereocenters. The van der Waals surface area contributed by atoms with Crippen LogP contribution in [0.5, 0.6) is 5.75 Å². The molecule has 3 aromatic rings. The van der Waals surface area contributed by atoms with Crippen LogP contribution in [0, 0.1) is 5.92 Å². The lowest BCUT2D eigenvalue weighted by Gasteiger charge is -2.24. The van der Waals surface area contributed by atoms with Crippen molar-refractivity contribution >= 4 is 29.2 Å². The SMILES string of the molecule is COc1ccccc1C(=O)NC(C(=O)NC(C)c1ccc(NC(=O)Nc2ccccc2)cc1)C(C)C. The maximum atomic E-state index is 13.1. The number of rotatable bonds is 9. The van der Waals surface area contributed by atoms with E-state index >= 15 is 0 Å². The highest BCUT2D eigenvalue weighted by molar-refractivity contribution is 6.00. The van der Waals surface area contributed by atoms with E-state index in [9.17, 15) is 14.4 Å². The van der Waals surface area contributed by atoms with Crippen LogP contribution in [-0.2, 0) is 4.79 Å². The Hall–Kier alpha value is -4.33. The second-order valence-electron chi connectivity index (χ2n) is 8.69. The van der Waals surface area contributed by atoms with E-state index in [-0.39, 0.29) is 29.8 Å². The smallest absolute Gasteiger partial charge is 0.323 e. The fourth-order valence-electron chi connectivity index (χ4n) is 3.64. The minimum absolute atomic E-state index is 0.134. The fraction of sp³-hybridized carbons (Fsp3) is 0.250. The molecule has 0 aliphatic heterocycles. The molecule has 0 saturated heterocycles. The number of urea groups is 1. The summed E-state index contributed by atoms with van der Waals surface area (Å²) >= 11 is 0. The first-order chi connectivity index (χ1) is 17.3. The summed E-state index contributed by atoms with van der Waals surface area (Å²) in [6.45, 7) is 5.61. The van der Waals surface area contributed by atoms with Crippen molar-refractivity contribution in [3.8, 4) is 5.75 Å². The number of carbonyl (C=O) groups is 3. The van der Waals surface area contributed by atoms with Crippen LogP contribution in [0.15, 0.2) is 78.9 Å². The van der Waals surface area contributed by atoms with E-state index in [0.29, 0.717) is 22.7 Å². The van der Waals surface area contributed by atoms with Gasteiger partial charge in [-0.15, -0.1) is 0 Å². The van der Waals surface area contributed by atoms with Gasteiger partial charge < -0.3 is 26.0 Å². The second-order valence-corrected chi connectivity index (χ2v) is 8.69. The fourth-order valence-corrected chi connectivity index (χ4v) is 3.64. The molecule has 0 spiro atoms. The lowest BCUT2D eigenvalue weighted by atomic mass is 10.0. The summed E-state index contributed by atoms with van der Waals surface area (Å²) in [6, 6.07) is 21.9. The molecule has 36 heavy (non-hydrogen) atoms. The van der Waals surface area contributed by atoms with Crippen molar-refractivity contribution < 1.29 is 19.1 Å². The van der Waals surface area contributed by atoms with Crippen LogP contribution in [0.4, 0.5) is 16.2 Å². The number of benzene rings is 3. The van der Waals surface area contributed by atoms with Crippen LogP contribution < -0.4 is 26.0 Å². The van der Waals surface area contributed by atoms with Gasteiger partial charge in [0.2, 0.25) is 5.91 Å². The second kappa shape index (κ2) is 12.4. The van der Waals surface area contributed by atoms with Gasteiger partial charge in [-0.05, 0) is 54.8 Å². The standard InChI is InChI=1S/C28H32N4O4/c1-18(2)25(32-26(33)23-12-8-9-13-24(23)36-4)27(34)29-19(3)20-14-16-22(17-15-20)31-28(35)30-21-10-6-5-7-11-21/h5-19,25H,1-4H3,(H,29,34)(H,32,33)(H2,30,31,35). The van der Waals surface area contributed by atoms with Gasteiger partial charge in [0.25, 0.3) is 5.91 Å². The molecule has 8 heteroatoms. The summed E-state index contributed by atoms with van der Waals surface area (Å²) in [7, 11) is 1.50. The van der Waals surface area contributed by atoms with Crippen molar-refractivity contribution in [3.05, 3.63) is 90.0 Å². The van der Waals surface area contributed by atoms with Crippen molar-refractivity contribution in [2.24, 2.45) is 5.92 Å². The van der Waals surface area contributed by atoms with Crippen LogP contribution in [0.1, 0.15) is 42.7 Å². The first kappa shape index (κ1) is 26.3. The Balaban J connectivity index is 1.59. The molecule has 4 amide bonds. The average molecular weight is 489 g/mol. The molecule has 0 aromatic heterocycles. The van der Waals surface area contributed by atoms with Crippen molar-refractivity contribution in [1.82, 2.24) is 10.6 Å². The lowest BCUT2D eigenvalue weighted by Crippen LogP contribution is -2.50. The number of para-hydroxylation sites is 2. The summed E-state index contributed by atoms with van der Waals surface area (Å²) in [5.41, 5.74) is 2.54. The molecule has 4 N–H and O–H groups in total. The third-order valence-corrected chi connectivity index (χ3v) is 5.65. The van der Waals surface area contributed by atoms with Gasteiger partial charge in [0.15, 0.2) is 0 Å². The van der Waals surface area contributed by atoms with Gasteiger partial charge in [0.1, 0.15) is 11.8 Å². The van der Waals surface area contributed by atoms with Gasteiger partial charge in [0.05, 0.1) is 18.7 Å². The molecular weight excluding hydrogens is 456 g/mol. The Morgan fingerprint density at radius 2 is 1.31 bits per heavy atom. The van der Waals surface area contributed by atoms with E-state index in [1.165, 1.54) is 7.11 Å². The first-order valence-electron chi connectivity index (χ1n) is 11.8. The molecule has 0 saturated carbocycles. The monoisotopic (exact) mass is 488 g/mol. The number of hydrogen-bond acceptors (Lipinski definition) is 4. The summed E-state index contributed by atoms with van der Waals surface area (Å²) in [5, 5.41) is 11.3. The molecule has 2 atom stereocenters. The zero-order valence-corrected chi connectivity index (χ0v) is 20.9. The number of amides is 4. The Kier molecular flexibility index (Phi) is 9.05. The largest absolute Gasteiger partial charge is 0.496 e. The van der Waals surface area contributed by atoms with Gasteiger partial charge in [-0.25, -0.2) is 4.79 Å². The third kappa shape index (κ3) is 7.09. The summed E-state index contributed by atoms with van der Waals surface area (Å²) in [5.74, 6) is -0.355. The third-order valence-electron chi connectivity index (χ3n) is 5.65. The van der Waals surface area contributed by atoms with E-state index in [2.05, 4.69) is 21.3 Å². The minimum Gasteiger partial charge on any atom is -0.496 e. The van der Waals surface area contributed by atoms with Crippen molar-refractivity contribution in [3.63, 3.8) is 0 Å². The van der Waals surface area contributed by atoms with E-state index in [0.717, 1.165) is 5.56 Å². The summed E-state index contributed by atoms with van der Waals surface area (Å²) in [6.07, 6.45) is 0. The molecule has 0 aliphatic carbocycles. The molecule has 0 heterocycles. The summed E-state index contributed by atoms with van der Waals surface area (Å²) < 4.78 is 5.26. The van der Waals surface area contributed by atoms with Gasteiger partial charge in [-0.1, -0.05) is 56.3 Å². The van der Waals surface area contributed by atoms with Crippen LogP contribution >= 0.6 is 0 Å². The van der Waals surface area contributed by atoms with Gasteiger partial charge in [0, 0.05) is 11.4 Å². The van der Waals surface area contributed by atoms with E-state index < -0.39 is 6.04 Å². The molecule has 3 aromatic carbocycles. The number of methoxy groups -OCH3 is 1. The predicted octanol–water partition coefficient (Wildman–Crippen LogP) is 4.97. The quantitative estimate of drug-likeness (QED) is 0.341. The predicted molar refractivity (Wildman–Crippen MR) is 141 cm³/mol. The van der Waals surface area contributed by atoms with Crippen LogP contribution in [0.25, 0.3) is 0 Å². The number of hydrogen-bond donors (Lipinski definition) is 4. The first-order valence-corrected chi connectivity index (χ1v) is 11.8. The van der Waals surface area contributed by atoms with E-state index in [4.69, 9.17) is 4.74 Å². The number of ether oxygens (including phenoxy) is 1. The molecule has 3 rings (SSSR count). The highest BCUT2D eigenvalue weighted by atomic mass is 16.5. The van der Waals surface area contributed by atoms with Crippen molar-refractivity contribution in [2.75, 3.05) is 17.7 Å². The Morgan fingerprint density at radius 1 is 0.722 bits per heavy atom. The highest BCUT2D eigenvalue weighted by Crippen LogP contribution is 2.19. The van der Waals surface area contributed by atoms with Crippen LogP contribution in [0.3, 0.4) is 0 Å². The number of carbonyl (C=O) groups excluding carboxylic acids is 3. The van der Waals surface area contributed by atoms with Gasteiger partial charge in [-0.3, -0.25) is 9.59 Å². The minimum atomic E-state index is -0.729. The Bertz CT molecular complexity index is 1180. The molecule has 8 nitrogen and oxygen atoms in total.